The summed E-state index contributed by atoms with van der Waals surface area (Å²) in [5.41, 5.74) is 2.39. The van der Waals surface area contributed by atoms with Gasteiger partial charge in [-0.1, -0.05) is 29.8 Å². The second-order valence-corrected chi connectivity index (χ2v) is 6.67. The van der Waals surface area contributed by atoms with Gasteiger partial charge < -0.3 is 4.57 Å². The lowest BCUT2D eigenvalue weighted by atomic mass is 10.2. The molecule has 142 valence electrons. The van der Waals surface area contributed by atoms with Gasteiger partial charge in [0.25, 0.3) is 5.56 Å². The van der Waals surface area contributed by atoms with Crippen LogP contribution in [0.3, 0.4) is 0 Å². The molecule has 0 saturated carbocycles. The van der Waals surface area contributed by atoms with Crippen molar-refractivity contribution >= 4 is 11.2 Å². The third-order valence-corrected chi connectivity index (χ3v) is 4.77. The van der Waals surface area contributed by atoms with Crippen molar-refractivity contribution in [3.63, 3.8) is 0 Å². The van der Waals surface area contributed by atoms with E-state index in [4.69, 9.17) is 0 Å². The highest BCUT2D eigenvalue weighted by atomic mass is 19.1. The highest BCUT2D eigenvalue weighted by Gasteiger charge is 2.18. The number of aromatic nitrogens is 4. The van der Waals surface area contributed by atoms with Gasteiger partial charge in [-0.15, -0.1) is 0 Å². The van der Waals surface area contributed by atoms with Crippen molar-refractivity contribution in [2.24, 2.45) is 0 Å². The van der Waals surface area contributed by atoms with Crippen LogP contribution in [-0.2, 0) is 13.1 Å². The summed E-state index contributed by atoms with van der Waals surface area (Å²) in [5, 5.41) is 0. The maximum Gasteiger partial charge on any atom is 0.337 e. The predicted molar refractivity (Wildman–Crippen MR) is 106 cm³/mol. The Morgan fingerprint density at radius 3 is 2.32 bits per heavy atom. The normalized spacial score (nSPS) is 11.2. The highest BCUT2D eigenvalue weighted by Crippen LogP contribution is 2.15. The van der Waals surface area contributed by atoms with E-state index in [9.17, 15) is 14.0 Å². The van der Waals surface area contributed by atoms with Crippen LogP contribution < -0.4 is 11.2 Å². The highest BCUT2D eigenvalue weighted by molar-refractivity contribution is 5.72. The largest absolute Gasteiger partial charge is 0.337 e. The number of hydrogen-bond acceptors (Lipinski definition) is 3. The Labute approximate surface area is 160 Å². The van der Waals surface area contributed by atoms with E-state index in [1.54, 1.807) is 30.0 Å². The number of halogens is 1. The van der Waals surface area contributed by atoms with E-state index in [1.807, 2.05) is 31.2 Å². The third kappa shape index (κ3) is 2.94. The lowest BCUT2D eigenvalue weighted by Crippen LogP contribution is -2.39. The van der Waals surface area contributed by atoms with Crippen LogP contribution in [0.25, 0.3) is 16.9 Å². The Balaban J connectivity index is 1.97. The summed E-state index contributed by atoms with van der Waals surface area (Å²) >= 11 is 0. The zero-order chi connectivity index (χ0) is 19.8. The number of aryl methyl sites for hydroxylation is 1. The molecule has 0 fully saturated rings. The summed E-state index contributed by atoms with van der Waals surface area (Å²) in [7, 11) is 0. The molecule has 0 atom stereocenters. The fourth-order valence-electron chi connectivity index (χ4n) is 3.29. The number of rotatable bonds is 4. The Kier molecular flexibility index (Phi) is 4.43. The van der Waals surface area contributed by atoms with Crippen molar-refractivity contribution in [1.82, 2.24) is 18.7 Å². The minimum absolute atomic E-state index is 0.251. The smallest absolute Gasteiger partial charge is 0.320 e. The van der Waals surface area contributed by atoms with E-state index < -0.39 is 5.69 Å². The average molecular weight is 378 g/mol. The maximum absolute atomic E-state index is 13.2. The van der Waals surface area contributed by atoms with E-state index in [0.29, 0.717) is 23.4 Å². The number of hydrogen-bond donors (Lipinski definition) is 0. The molecule has 2 heterocycles. The molecule has 0 radical (unpaired) electrons. The van der Waals surface area contributed by atoms with E-state index >= 15 is 0 Å². The molecule has 0 amide bonds. The zero-order valence-electron chi connectivity index (χ0n) is 15.6. The molecule has 0 bridgehead atoms. The lowest BCUT2D eigenvalue weighted by molar-refractivity contribution is 0.626. The second-order valence-electron chi connectivity index (χ2n) is 6.67. The first kappa shape index (κ1) is 17.9. The second kappa shape index (κ2) is 6.92. The third-order valence-electron chi connectivity index (χ3n) is 4.77. The van der Waals surface area contributed by atoms with Crippen LogP contribution >= 0.6 is 0 Å². The van der Waals surface area contributed by atoms with Crippen molar-refractivity contribution in [3.05, 3.63) is 92.6 Å². The van der Waals surface area contributed by atoms with Crippen LogP contribution in [0.15, 0.2) is 64.4 Å². The summed E-state index contributed by atoms with van der Waals surface area (Å²) in [4.78, 5) is 30.3. The van der Waals surface area contributed by atoms with E-state index in [2.05, 4.69) is 4.98 Å². The first-order chi connectivity index (χ1) is 13.5. The minimum Gasteiger partial charge on any atom is -0.320 e. The number of nitrogens with zero attached hydrogens (tertiary/aromatic N) is 4. The summed E-state index contributed by atoms with van der Waals surface area (Å²) in [6.07, 6.45) is 1.54. The van der Waals surface area contributed by atoms with Gasteiger partial charge in [0.15, 0.2) is 11.2 Å². The van der Waals surface area contributed by atoms with Crippen LogP contribution in [0.1, 0.15) is 18.1 Å². The van der Waals surface area contributed by atoms with Gasteiger partial charge in [-0.05, 0) is 43.7 Å². The molecule has 6 nitrogen and oxygen atoms in total. The van der Waals surface area contributed by atoms with Gasteiger partial charge in [-0.2, -0.15) is 0 Å². The van der Waals surface area contributed by atoms with Crippen molar-refractivity contribution in [3.8, 4) is 5.69 Å². The standard InChI is InChI=1S/C21H19FN4O2/c1-3-25-20(27)18-19(26(21(25)28)17-10-4-14(2)5-11-17)23-13-24(18)12-15-6-8-16(22)9-7-15/h4-11,13H,3,12H2,1-2H3. The number of benzene rings is 2. The Bertz CT molecular complexity index is 1270. The van der Waals surface area contributed by atoms with Gasteiger partial charge in [-0.3, -0.25) is 9.36 Å². The molecular weight excluding hydrogens is 359 g/mol. The Morgan fingerprint density at radius 2 is 1.68 bits per heavy atom. The molecule has 4 aromatic rings. The van der Waals surface area contributed by atoms with Crippen molar-refractivity contribution < 1.29 is 4.39 Å². The van der Waals surface area contributed by atoms with Crippen molar-refractivity contribution in [2.75, 3.05) is 0 Å². The van der Waals surface area contributed by atoms with Crippen LogP contribution in [0.2, 0.25) is 0 Å². The molecule has 0 saturated heterocycles. The van der Waals surface area contributed by atoms with Gasteiger partial charge in [0.2, 0.25) is 0 Å². The van der Waals surface area contributed by atoms with Crippen molar-refractivity contribution in [1.29, 1.82) is 0 Å². The molecule has 2 aromatic heterocycles. The van der Waals surface area contributed by atoms with Gasteiger partial charge in [0, 0.05) is 13.1 Å². The number of imidazole rings is 1. The molecule has 0 N–H and O–H groups in total. The number of fused-ring (bicyclic) bond motifs is 1. The van der Waals surface area contributed by atoms with E-state index in [0.717, 1.165) is 11.1 Å². The first-order valence-corrected chi connectivity index (χ1v) is 9.01. The molecule has 28 heavy (non-hydrogen) atoms. The summed E-state index contributed by atoms with van der Waals surface area (Å²) in [6, 6.07) is 13.6. The summed E-state index contributed by atoms with van der Waals surface area (Å²) in [5.74, 6) is -0.319. The lowest BCUT2D eigenvalue weighted by Gasteiger charge is -2.12. The van der Waals surface area contributed by atoms with Crippen LogP contribution in [0, 0.1) is 12.7 Å². The van der Waals surface area contributed by atoms with Crippen LogP contribution in [-0.4, -0.2) is 18.7 Å². The molecule has 0 aliphatic heterocycles. The van der Waals surface area contributed by atoms with E-state index in [1.165, 1.54) is 21.3 Å². The fourth-order valence-corrected chi connectivity index (χ4v) is 3.29. The Morgan fingerprint density at radius 1 is 1.00 bits per heavy atom. The van der Waals surface area contributed by atoms with E-state index in [-0.39, 0.29) is 17.9 Å². The van der Waals surface area contributed by atoms with Gasteiger partial charge in [0.05, 0.1) is 12.0 Å². The molecule has 4 rings (SSSR count). The molecule has 0 aliphatic carbocycles. The van der Waals surface area contributed by atoms with Crippen LogP contribution in [0.5, 0.6) is 0 Å². The Hall–Kier alpha value is -3.48. The minimum atomic E-state index is -0.420. The summed E-state index contributed by atoms with van der Waals surface area (Å²) < 4.78 is 17.5. The first-order valence-electron chi connectivity index (χ1n) is 9.01. The summed E-state index contributed by atoms with van der Waals surface area (Å²) in [6.45, 7) is 4.32. The molecule has 0 spiro atoms. The molecular formula is C21H19FN4O2. The fraction of sp³-hybridized carbons (Fsp3) is 0.190. The average Bonchev–Trinajstić information content (AvgIpc) is 3.09. The quantitative estimate of drug-likeness (QED) is 0.549. The topological polar surface area (TPSA) is 61.8 Å². The van der Waals surface area contributed by atoms with Gasteiger partial charge >= 0.3 is 5.69 Å². The monoisotopic (exact) mass is 378 g/mol. The molecule has 2 aromatic carbocycles. The van der Waals surface area contributed by atoms with Gasteiger partial charge in [0.1, 0.15) is 5.82 Å². The van der Waals surface area contributed by atoms with Crippen molar-refractivity contribution in [2.45, 2.75) is 26.9 Å². The SMILES string of the molecule is CCn1c(=O)c2c(ncn2Cc2ccc(F)cc2)n(-c2ccc(C)cc2)c1=O. The molecule has 7 heteroatoms. The molecule has 0 unspecified atom stereocenters. The van der Waals surface area contributed by atoms with Crippen LogP contribution in [0.4, 0.5) is 4.39 Å². The maximum atomic E-state index is 13.2. The molecule has 0 aliphatic rings. The predicted octanol–water partition coefficient (Wildman–Crippen LogP) is 2.86. The van der Waals surface area contributed by atoms with Gasteiger partial charge in [-0.25, -0.2) is 18.7 Å². The zero-order valence-corrected chi connectivity index (χ0v) is 15.6.